The lowest BCUT2D eigenvalue weighted by molar-refractivity contribution is -0.157. The molecule has 2 N–H and O–H groups in total. The lowest BCUT2D eigenvalue weighted by Gasteiger charge is -2.17. The topological polar surface area (TPSA) is 75.6 Å². The number of benzene rings is 3. The number of amides is 1. The van der Waals surface area contributed by atoms with Gasteiger partial charge < -0.3 is 15.2 Å². The first-order valence-corrected chi connectivity index (χ1v) is 8.73. The minimum absolute atomic E-state index is 0.249. The summed E-state index contributed by atoms with van der Waals surface area (Å²) in [6, 6.07) is 22.0. The highest BCUT2D eigenvalue weighted by Gasteiger charge is 2.20. The van der Waals surface area contributed by atoms with Crippen LogP contribution in [-0.2, 0) is 14.3 Å². The largest absolute Gasteiger partial charge is 0.453 e. The van der Waals surface area contributed by atoms with Gasteiger partial charge in [-0.05, 0) is 28.8 Å². The van der Waals surface area contributed by atoms with Crippen LogP contribution in [-0.4, -0.2) is 23.6 Å². The molecule has 2 atom stereocenters. The van der Waals surface area contributed by atoms with Crippen molar-refractivity contribution in [1.29, 1.82) is 0 Å². The molecule has 0 aliphatic rings. The average molecular weight is 363 g/mol. The Morgan fingerprint density at radius 2 is 1.63 bits per heavy atom. The Balaban J connectivity index is 1.58. The maximum Gasteiger partial charge on any atom is 0.340 e. The van der Waals surface area contributed by atoms with Gasteiger partial charge in [0.2, 0.25) is 0 Å². The Morgan fingerprint density at radius 3 is 2.41 bits per heavy atom. The van der Waals surface area contributed by atoms with Crippen molar-refractivity contribution in [2.45, 2.75) is 19.1 Å². The van der Waals surface area contributed by atoms with Crippen LogP contribution in [0.3, 0.4) is 0 Å². The van der Waals surface area contributed by atoms with E-state index in [9.17, 15) is 14.7 Å². The summed E-state index contributed by atoms with van der Waals surface area (Å²) in [6.45, 7) is 1.43. The minimum atomic E-state index is -1.41. The third kappa shape index (κ3) is 4.51. The number of fused-ring (bicyclic) bond motifs is 1. The van der Waals surface area contributed by atoms with Crippen LogP contribution in [0.4, 0.5) is 0 Å². The Kier molecular flexibility index (Phi) is 5.84. The summed E-state index contributed by atoms with van der Waals surface area (Å²) in [5, 5.41) is 14.9. The van der Waals surface area contributed by atoms with Crippen molar-refractivity contribution in [1.82, 2.24) is 5.32 Å². The standard InChI is InChI=1S/C22H21NO4/c1-15(18-13-7-11-16-8-5-6-12-19(16)18)23-20(24)14-27-22(26)21(25)17-9-3-2-4-10-17/h2-13,15,21,25H,14H2,1H3,(H,23,24)/t15-,21+/m0/s1. The van der Waals surface area contributed by atoms with Crippen LogP contribution < -0.4 is 5.32 Å². The fourth-order valence-corrected chi connectivity index (χ4v) is 2.98. The number of rotatable bonds is 6. The summed E-state index contributed by atoms with van der Waals surface area (Å²) in [4.78, 5) is 24.1. The van der Waals surface area contributed by atoms with Gasteiger partial charge in [0, 0.05) is 0 Å². The van der Waals surface area contributed by atoms with E-state index in [1.54, 1.807) is 30.3 Å². The molecule has 5 nitrogen and oxygen atoms in total. The number of aliphatic hydroxyl groups is 1. The molecule has 0 saturated carbocycles. The van der Waals surface area contributed by atoms with Gasteiger partial charge in [0.25, 0.3) is 5.91 Å². The molecule has 0 fully saturated rings. The van der Waals surface area contributed by atoms with E-state index in [-0.39, 0.29) is 6.04 Å². The van der Waals surface area contributed by atoms with Crippen molar-refractivity contribution in [3.05, 3.63) is 83.9 Å². The van der Waals surface area contributed by atoms with E-state index in [0.29, 0.717) is 5.56 Å². The number of hydrogen-bond donors (Lipinski definition) is 2. The first kappa shape index (κ1) is 18.6. The number of nitrogens with one attached hydrogen (secondary N) is 1. The molecule has 0 aromatic heterocycles. The smallest absolute Gasteiger partial charge is 0.340 e. The Morgan fingerprint density at radius 1 is 0.963 bits per heavy atom. The van der Waals surface area contributed by atoms with Crippen molar-refractivity contribution in [3.63, 3.8) is 0 Å². The fourth-order valence-electron chi connectivity index (χ4n) is 2.98. The molecule has 138 valence electrons. The van der Waals surface area contributed by atoms with Crippen LogP contribution in [0.15, 0.2) is 72.8 Å². The normalized spacial score (nSPS) is 13.0. The summed E-state index contributed by atoms with van der Waals surface area (Å²) < 4.78 is 4.94. The first-order chi connectivity index (χ1) is 13.1. The maximum absolute atomic E-state index is 12.2. The van der Waals surface area contributed by atoms with Gasteiger partial charge in [-0.3, -0.25) is 4.79 Å². The molecule has 0 saturated heterocycles. The predicted molar refractivity (Wildman–Crippen MR) is 103 cm³/mol. The molecule has 27 heavy (non-hydrogen) atoms. The third-order valence-electron chi connectivity index (χ3n) is 4.35. The van der Waals surface area contributed by atoms with Crippen molar-refractivity contribution in [2.24, 2.45) is 0 Å². The number of hydrogen-bond acceptors (Lipinski definition) is 4. The molecule has 3 aromatic carbocycles. The third-order valence-corrected chi connectivity index (χ3v) is 4.35. The van der Waals surface area contributed by atoms with E-state index in [0.717, 1.165) is 16.3 Å². The monoisotopic (exact) mass is 363 g/mol. The number of ether oxygens (including phenoxy) is 1. The van der Waals surface area contributed by atoms with E-state index < -0.39 is 24.6 Å². The molecule has 3 rings (SSSR count). The van der Waals surface area contributed by atoms with Gasteiger partial charge in [0.15, 0.2) is 12.7 Å². The summed E-state index contributed by atoms with van der Waals surface area (Å²) in [5.41, 5.74) is 1.41. The predicted octanol–water partition coefficient (Wildman–Crippen LogP) is 3.29. The Labute approximate surface area is 157 Å². The van der Waals surface area contributed by atoms with Gasteiger partial charge in [-0.25, -0.2) is 4.79 Å². The summed E-state index contributed by atoms with van der Waals surface area (Å²) in [6.07, 6.45) is -1.41. The molecule has 1 amide bonds. The highest BCUT2D eigenvalue weighted by atomic mass is 16.5. The van der Waals surface area contributed by atoms with Crippen LogP contribution in [0, 0.1) is 0 Å². The second-order valence-electron chi connectivity index (χ2n) is 6.28. The number of esters is 1. The molecule has 0 aliphatic carbocycles. The maximum atomic E-state index is 12.2. The zero-order chi connectivity index (χ0) is 19.2. The molecular weight excluding hydrogens is 342 g/mol. The van der Waals surface area contributed by atoms with Gasteiger partial charge in [-0.2, -0.15) is 0 Å². The van der Waals surface area contributed by atoms with Crippen LogP contribution >= 0.6 is 0 Å². The van der Waals surface area contributed by atoms with Crippen LogP contribution in [0.2, 0.25) is 0 Å². The van der Waals surface area contributed by atoms with Gasteiger partial charge in [0.05, 0.1) is 6.04 Å². The first-order valence-electron chi connectivity index (χ1n) is 8.73. The number of carbonyl (C=O) groups excluding carboxylic acids is 2. The van der Waals surface area contributed by atoms with Gasteiger partial charge in [-0.15, -0.1) is 0 Å². The van der Waals surface area contributed by atoms with Gasteiger partial charge in [0.1, 0.15) is 0 Å². The number of aliphatic hydroxyl groups excluding tert-OH is 1. The molecule has 0 spiro atoms. The molecule has 5 heteroatoms. The van der Waals surface area contributed by atoms with Crippen molar-refractivity contribution >= 4 is 22.6 Å². The Bertz CT molecular complexity index is 934. The highest BCUT2D eigenvalue weighted by molar-refractivity contribution is 5.87. The zero-order valence-corrected chi connectivity index (χ0v) is 15.0. The Hall–Kier alpha value is -3.18. The van der Waals surface area contributed by atoms with Crippen LogP contribution in [0.5, 0.6) is 0 Å². The fraction of sp³-hybridized carbons (Fsp3) is 0.182. The zero-order valence-electron chi connectivity index (χ0n) is 15.0. The lowest BCUT2D eigenvalue weighted by atomic mass is 10.00. The number of carbonyl (C=O) groups is 2. The van der Waals surface area contributed by atoms with Crippen molar-refractivity contribution < 1.29 is 19.4 Å². The molecular formula is C22H21NO4. The SMILES string of the molecule is C[C@H](NC(=O)COC(=O)[C@H](O)c1ccccc1)c1cccc2ccccc12. The molecule has 0 radical (unpaired) electrons. The second-order valence-corrected chi connectivity index (χ2v) is 6.28. The average Bonchev–Trinajstić information content (AvgIpc) is 2.71. The highest BCUT2D eigenvalue weighted by Crippen LogP contribution is 2.24. The lowest BCUT2D eigenvalue weighted by Crippen LogP contribution is -2.32. The van der Waals surface area contributed by atoms with E-state index in [4.69, 9.17) is 4.74 Å². The van der Waals surface area contributed by atoms with E-state index in [1.807, 2.05) is 49.4 Å². The quantitative estimate of drug-likeness (QED) is 0.659. The van der Waals surface area contributed by atoms with Crippen LogP contribution in [0.25, 0.3) is 10.8 Å². The molecule has 0 unspecified atom stereocenters. The van der Waals surface area contributed by atoms with E-state index in [2.05, 4.69) is 5.32 Å². The van der Waals surface area contributed by atoms with Crippen molar-refractivity contribution in [3.8, 4) is 0 Å². The summed E-state index contributed by atoms with van der Waals surface area (Å²) >= 11 is 0. The summed E-state index contributed by atoms with van der Waals surface area (Å²) in [7, 11) is 0. The van der Waals surface area contributed by atoms with Gasteiger partial charge in [-0.1, -0.05) is 72.8 Å². The summed E-state index contributed by atoms with van der Waals surface area (Å²) in [5.74, 6) is -1.28. The van der Waals surface area contributed by atoms with Crippen LogP contribution in [0.1, 0.15) is 30.2 Å². The minimum Gasteiger partial charge on any atom is -0.453 e. The second kappa shape index (κ2) is 8.47. The van der Waals surface area contributed by atoms with Gasteiger partial charge >= 0.3 is 5.97 Å². The molecule has 0 aliphatic heterocycles. The van der Waals surface area contributed by atoms with Crippen molar-refractivity contribution in [2.75, 3.05) is 6.61 Å². The van der Waals surface area contributed by atoms with E-state index >= 15 is 0 Å². The van der Waals surface area contributed by atoms with E-state index in [1.165, 1.54) is 0 Å². The molecule has 3 aromatic rings. The molecule has 0 bridgehead atoms. The molecule has 0 heterocycles.